The fourth-order valence-corrected chi connectivity index (χ4v) is 6.09. The first-order valence-corrected chi connectivity index (χ1v) is 12.9. The third kappa shape index (κ3) is 4.90. The molecule has 1 aromatic heterocycles. The maximum absolute atomic E-state index is 13.1. The Morgan fingerprint density at radius 2 is 1.77 bits per heavy atom. The third-order valence-electron chi connectivity index (χ3n) is 5.62. The zero-order chi connectivity index (χ0) is 25.1. The Hall–Kier alpha value is -3.36. The van der Waals surface area contributed by atoms with Gasteiger partial charge in [0, 0.05) is 18.5 Å². The van der Waals surface area contributed by atoms with Gasteiger partial charge in [-0.15, -0.1) is 11.3 Å². The van der Waals surface area contributed by atoms with Gasteiger partial charge in [0.1, 0.15) is 10.2 Å². The van der Waals surface area contributed by atoms with Crippen molar-refractivity contribution < 1.29 is 14.3 Å². The molecular weight excluding hydrogens is 480 g/mol. The molecule has 2 heterocycles. The van der Waals surface area contributed by atoms with E-state index in [2.05, 4.69) is 35.2 Å². The molecule has 180 valence electrons. The molecule has 4 rings (SSSR count). The van der Waals surface area contributed by atoms with E-state index in [0.717, 1.165) is 38.1 Å². The number of rotatable bonds is 6. The summed E-state index contributed by atoms with van der Waals surface area (Å²) in [7, 11) is 2.00. The van der Waals surface area contributed by atoms with Crippen LogP contribution in [0.3, 0.4) is 0 Å². The van der Waals surface area contributed by atoms with Gasteiger partial charge in [-0.25, -0.2) is 4.79 Å². The molecule has 0 saturated carbocycles. The first-order valence-electron chi connectivity index (χ1n) is 11.3. The summed E-state index contributed by atoms with van der Waals surface area (Å²) in [5.41, 5.74) is 3.08. The van der Waals surface area contributed by atoms with Crippen LogP contribution in [-0.2, 0) is 20.9 Å². The number of ether oxygens (including phenoxy) is 1. The van der Waals surface area contributed by atoms with E-state index in [-0.39, 0.29) is 17.7 Å². The summed E-state index contributed by atoms with van der Waals surface area (Å²) in [6, 6.07) is 16.6. The molecule has 0 N–H and O–H groups in total. The van der Waals surface area contributed by atoms with Crippen molar-refractivity contribution in [3.8, 4) is 11.1 Å². The minimum atomic E-state index is -0.705. The Bertz CT molecular complexity index is 1500. The topological polar surface area (TPSA) is 68.6 Å². The van der Waals surface area contributed by atoms with Gasteiger partial charge in [-0.1, -0.05) is 48.2 Å². The first kappa shape index (κ1) is 24.8. The Morgan fingerprint density at radius 1 is 1.03 bits per heavy atom. The Morgan fingerprint density at radius 3 is 2.43 bits per heavy atom. The molecule has 0 fully saturated rings. The van der Waals surface area contributed by atoms with Crippen LogP contribution in [0.15, 0.2) is 69.3 Å². The number of benzene rings is 2. The van der Waals surface area contributed by atoms with Gasteiger partial charge >= 0.3 is 5.97 Å². The van der Waals surface area contributed by atoms with E-state index < -0.39 is 11.8 Å². The molecule has 0 aliphatic carbocycles. The highest BCUT2D eigenvalue weighted by Gasteiger charge is 2.23. The zero-order valence-electron chi connectivity index (χ0n) is 20.0. The van der Waals surface area contributed by atoms with E-state index >= 15 is 0 Å². The predicted molar refractivity (Wildman–Crippen MR) is 143 cm³/mol. The monoisotopic (exact) mass is 506 g/mol. The number of carbonyl (C=O) groups is 2. The lowest BCUT2D eigenvalue weighted by atomic mass is 10.1. The van der Waals surface area contributed by atoms with Gasteiger partial charge in [0.15, 0.2) is 5.78 Å². The van der Waals surface area contributed by atoms with Crippen molar-refractivity contribution in [3.05, 3.63) is 79.2 Å². The SMILES string of the molecule is CCOC(=O)/C(C(C)=O)=c1/s/c(=C/C=C2\Sc3ccc(-c4ccccc4)cc3N2C)c(=O)n1CC. The lowest BCUT2D eigenvalue weighted by Crippen LogP contribution is -2.33. The molecular formula is C27H26N2O4S2. The van der Waals surface area contributed by atoms with Gasteiger partial charge in [-0.05, 0) is 56.2 Å². The summed E-state index contributed by atoms with van der Waals surface area (Å²) in [4.78, 5) is 40.9. The van der Waals surface area contributed by atoms with Crippen LogP contribution in [0, 0.1) is 0 Å². The average Bonchev–Trinajstić information content (AvgIpc) is 3.33. The minimum absolute atomic E-state index is 0.0868. The van der Waals surface area contributed by atoms with Gasteiger partial charge in [0.2, 0.25) is 0 Å². The van der Waals surface area contributed by atoms with Crippen LogP contribution >= 0.6 is 23.1 Å². The molecule has 0 amide bonds. The average molecular weight is 507 g/mol. The molecule has 0 unspecified atom stereocenters. The molecule has 6 nitrogen and oxygen atoms in total. The van der Waals surface area contributed by atoms with Crippen molar-refractivity contribution >= 4 is 52.2 Å². The molecule has 0 radical (unpaired) electrons. The maximum Gasteiger partial charge on any atom is 0.344 e. The van der Waals surface area contributed by atoms with Crippen LogP contribution in [0.2, 0.25) is 0 Å². The summed E-state index contributed by atoms with van der Waals surface area (Å²) < 4.78 is 7.30. The van der Waals surface area contributed by atoms with Crippen LogP contribution in [-0.4, -0.2) is 30.0 Å². The van der Waals surface area contributed by atoms with Crippen LogP contribution in [0.5, 0.6) is 0 Å². The molecule has 2 aromatic carbocycles. The maximum atomic E-state index is 13.1. The molecule has 35 heavy (non-hydrogen) atoms. The molecule has 0 saturated heterocycles. The van der Waals surface area contributed by atoms with Crippen molar-refractivity contribution in [2.45, 2.75) is 32.2 Å². The quantitative estimate of drug-likeness (QED) is 0.375. The van der Waals surface area contributed by atoms with Crippen molar-refractivity contribution in [1.29, 1.82) is 0 Å². The van der Waals surface area contributed by atoms with E-state index in [9.17, 15) is 14.4 Å². The Balaban J connectivity index is 1.75. The molecule has 1 aliphatic heterocycles. The highest BCUT2D eigenvalue weighted by Crippen LogP contribution is 2.46. The number of esters is 1. The standard InChI is InChI=1S/C27H26N2O4S2/c1-5-29-25(31)22(35-26(29)24(17(3)30)27(32)33-6-2)14-15-23-28(4)20-16-19(12-13-21(20)34-23)18-10-8-7-9-11-18/h7-16H,5-6H2,1-4H3/b22-14+,23-15-,26-24+. The number of aromatic nitrogens is 1. The van der Waals surface area contributed by atoms with Gasteiger partial charge in [0.25, 0.3) is 5.56 Å². The molecule has 0 bridgehead atoms. The van der Waals surface area contributed by atoms with Crippen LogP contribution in [0.1, 0.15) is 20.8 Å². The Labute approximate surface area is 211 Å². The van der Waals surface area contributed by atoms with Crippen LogP contribution < -0.4 is 19.7 Å². The Kier molecular flexibility index (Phi) is 7.42. The van der Waals surface area contributed by atoms with Crippen LogP contribution in [0.4, 0.5) is 5.69 Å². The third-order valence-corrected chi connectivity index (χ3v) is 7.95. The molecule has 1 aliphatic rings. The smallest absolute Gasteiger partial charge is 0.344 e. The summed E-state index contributed by atoms with van der Waals surface area (Å²) in [5, 5.41) is 0.976. The van der Waals surface area contributed by atoms with Gasteiger partial charge in [0.05, 0.1) is 21.9 Å². The largest absolute Gasteiger partial charge is 0.462 e. The minimum Gasteiger partial charge on any atom is -0.462 e. The summed E-state index contributed by atoms with van der Waals surface area (Å²) in [6.45, 7) is 5.29. The number of anilines is 1. The number of thioether (sulfide) groups is 1. The summed E-state index contributed by atoms with van der Waals surface area (Å²) >= 11 is 2.76. The molecule has 0 atom stereocenters. The number of allylic oxidation sites excluding steroid dienone is 1. The number of nitrogens with zero attached hydrogens (tertiary/aromatic N) is 2. The van der Waals surface area contributed by atoms with Crippen molar-refractivity contribution in [2.24, 2.45) is 0 Å². The fourth-order valence-electron chi connectivity index (χ4n) is 3.86. The number of hydrogen-bond acceptors (Lipinski definition) is 7. The van der Waals surface area contributed by atoms with Gasteiger partial charge in [-0.2, -0.15) is 0 Å². The first-order chi connectivity index (χ1) is 16.8. The van der Waals surface area contributed by atoms with Crippen molar-refractivity contribution in [3.63, 3.8) is 0 Å². The second kappa shape index (κ2) is 10.5. The number of thiazole rings is 1. The number of fused-ring (bicyclic) bond motifs is 1. The fraction of sp³-hybridized carbons (Fsp3) is 0.222. The van der Waals surface area contributed by atoms with Crippen LogP contribution in [0.25, 0.3) is 22.8 Å². The van der Waals surface area contributed by atoms with Gasteiger partial charge < -0.3 is 9.64 Å². The normalized spacial score (nSPS) is 15.4. The van der Waals surface area contributed by atoms with E-state index in [1.165, 1.54) is 11.5 Å². The van der Waals surface area contributed by atoms with E-state index in [1.807, 2.05) is 38.2 Å². The summed E-state index contributed by atoms with van der Waals surface area (Å²) in [5.74, 6) is -1.13. The predicted octanol–water partition coefficient (Wildman–Crippen LogP) is 3.76. The number of ketones is 1. The number of hydrogen-bond donors (Lipinski definition) is 0. The number of Topliss-reactive ketones (excluding diaryl/α,β-unsaturated/α-hetero) is 1. The molecule has 0 spiro atoms. The second-order valence-corrected chi connectivity index (χ2v) is 9.95. The summed E-state index contributed by atoms with van der Waals surface area (Å²) in [6.07, 6.45) is 3.66. The van der Waals surface area contributed by atoms with E-state index in [1.54, 1.807) is 24.8 Å². The van der Waals surface area contributed by atoms with E-state index in [4.69, 9.17) is 4.74 Å². The second-order valence-electron chi connectivity index (χ2n) is 7.85. The van der Waals surface area contributed by atoms with Crippen molar-refractivity contribution in [2.75, 3.05) is 18.6 Å². The number of carbonyl (C=O) groups excluding carboxylic acids is 2. The van der Waals surface area contributed by atoms with E-state index in [0.29, 0.717) is 15.7 Å². The lowest BCUT2D eigenvalue weighted by Gasteiger charge is -2.14. The molecule has 8 heteroatoms. The lowest BCUT2D eigenvalue weighted by molar-refractivity contribution is -0.137. The highest BCUT2D eigenvalue weighted by atomic mass is 32.2. The van der Waals surface area contributed by atoms with Crippen molar-refractivity contribution in [1.82, 2.24) is 4.57 Å². The highest BCUT2D eigenvalue weighted by molar-refractivity contribution is 8.03. The van der Waals surface area contributed by atoms with Gasteiger partial charge in [-0.3, -0.25) is 14.2 Å². The zero-order valence-corrected chi connectivity index (χ0v) is 21.7. The molecule has 3 aromatic rings.